The molecule has 3 N–H and O–H groups in total. The summed E-state index contributed by atoms with van der Waals surface area (Å²) in [5.41, 5.74) is 0. The zero-order valence-electron chi connectivity index (χ0n) is 13.8. The van der Waals surface area contributed by atoms with E-state index in [9.17, 15) is 9.59 Å². The van der Waals surface area contributed by atoms with Crippen molar-refractivity contribution in [3.63, 3.8) is 0 Å². The number of hydrogen-bond acceptors (Lipinski definition) is 4. The van der Waals surface area contributed by atoms with Gasteiger partial charge in [-0.15, -0.1) is 11.3 Å². The van der Waals surface area contributed by atoms with Crippen LogP contribution >= 0.6 is 11.3 Å². The van der Waals surface area contributed by atoms with Gasteiger partial charge >= 0.3 is 6.03 Å². The largest absolute Gasteiger partial charge is 0.463 e. The summed E-state index contributed by atoms with van der Waals surface area (Å²) in [6.45, 7) is 4.14. The van der Waals surface area contributed by atoms with Crippen molar-refractivity contribution in [2.24, 2.45) is 0 Å². The van der Waals surface area contributed by atoms with Crippen molar-refractivity contribution in [1.29, 1.82) is 0 Å². The van der Waals surface area contributed by atoms with E-state index in [1.807, 2.05) is 36.6 Å². The number of hydrogen-bond donors (Lipinski definition) is 3. The van der Waals surface area contributed by atoms with Gasteiger partial charge in [-0.3, -0.25) is 10.1 Å². The zero-order valence-corrected chi connectivity index (χ0v) is 14.7. The van der Waals surface area contributed by atoms with Crippen molar-refractivity contribution in [2.45, 2.75) is 32.9 Å². The first-order valence-corrected chi connectivity index (χ1v) is 9.01. The van der Waals surface area contributed by atoms with E-state index in [0.29, 0.717) is 19.6 Å². The molecule has 7 heteroatoms. The molecule has 3 amide bonds. The molecule has 0 radical (unpaired) electrons. The van der Waals surface area contributed by atoms with Gasteiger partial charge in [-0.2, -0.15) is 0 Å². The lowest BCUT2D eigenvalue weighted by molar-refractivity contribution is -0.920. The highest BCUT2D eigenvalue weighted by molar-refractivity contribution is 7.09. The monoisotopic (exact) mass is 350 g/mol. The maximum atomic E-state index is 12.1. The molecule has 0 saturated carbocycles. The molecule has 1 atom stereocenters. The Balaban J connectivity index is 1.86. The van der Waals surface area contributed by atoms with Gasteiger partial charge in [-0.05, 0) is 30.0 Å². The number of nitrogens with one attached hydrogen (secondary N) is 3. The number of rotatable bonds is 9. The molecular weight excluding hydrogens is 326 g/mol. The van der Waals surface area contributed by atoms with Crippen LogP contribution in [-0.2, 0) is 17.9 Å². The van der Waals surface area contributed by atoms with Crippen molar-refractivity contribution in [3.05, 3.63) is 46.5 Å². The number of quaternary nitrogens is 1. The van der Waals surface area contributed by atoms with Crippen molar-refractivity contribution in [1.82, 2.24) is 10.6 Å². The molecule has 2 aromatic heterocycles. The highest BCUT2D eigenvalue weighted by atomic mass is 32.1. The minimum Gasteiger partial charge on any atom is -0.463 e. The van der Waals surface area contributed by atoms with Crippen LogP contribution in [0.4, 0.5) is 4.79 Å². The van der Waals surface area contributed by atoms with E-state index in [0.717, 1.165) is 23.5 Å². The van der Waals surface area contributed by atoms with E-state index in [-0.39, 0.29) is 12.5 Å². The first kappa shape index (κ1) is 18.2. The first-order valence-electron chi connectivity index (χ1n) is 8.13. The van der Waals surface area contributed by atoms with Crippen LogP contribution in [-0.4, -0.2) is 25.0 Å². The molecule has 1 unspecified atom stereocenters. The molecule has 0 aromatic carbocycles. The Labute approximate surface area is 145 Å². The number of amides is 3. The molecule has 0 spiro atoms. The summed E-state index contributed by atoms with van der Waals surface area (Å²) < 4.78 is 5.38. The molecule has 0 saturated heterocycles. The molecule has 0 bridgehead atoms. The predicted octanol–water partition coefficient (Wildman–Crippen LogP) is 1.55. The van der Waals surface area contributed by atoms with Crippen LogP contribution in [0.3, 0.4) is 0 Å². The molecule has 2 rings (SSSR count). The quantitative estimate of drug-likeness (QED) is 0.601. The van der Waals surface area contributed by atoms with Gasteiger partial charge in [0.2, 0.25) is 0 Å². The Morgan fingerprint density at radius 3 is 2.79 bits per heavy atom. The van der Waals surface area contributed by atoms with Crippen molar-refractivity contribution < 1.29 is 18.9 Å². The number of thiophene rings is 1. The molecule has 6 nitrogen and oxygen atoms in total. The number of imide groups is 1. The number of urea groups is 1. The highest BCUT2D eigenvalue weighted by Gasteiger charge is 2.19. The summed E-state index contributed by atoms with van der Waals surface area (Å²) in [4.78, 5) is 26.0. The average Bonchev–Trinajstić information content (AvgIpc) is 3.21. The molecule has 2 heterocycles. The Bertz CT molecular complexity index is 575. The minimum absolute atomic E-state index is 0.208. The molecular formula is C17H24N3O3S+. The van der Waals surface area contributed by atoms with E-state index in [2.05, 4.69) is 10.6 Å². The second-order valence-electron chi connectivity index (χ2n) is 5.60. The fourth-order valence-corrected chi connectivity index (χ4v) is 3.10. The lowest BCUT2D eigenvalue weighted by Crippen LogP contribution is -3.10. The van der Waals surface area contributed by atoms with Crippen LogP contribution < -0.4 is 15.5 Å². The van der Waals surface area contributed by atoms with Gasteiger partial charge in [-0.25, -0.2) is 4.79 Å². The van der Waals surface area contributed by atoms with Crippen molar-refractivity contribution >= 4 is 23.3 Å². The van der Waals surface area contributed by atoms with Crippen LogP contribution in [0.1, 0.15) is 30.4 Å². The van der Waals surface area contributed by atoms with Crippen LogP contribution in [0, 0.1) is 0 Å². The summed E-state index contributed by atoms with van der Waals surface area (Å²) in [5, 5.41) is 7.09. The topological polar surface area (TPSA) is 75.8 Å². The SMILES string of the molecule is CCCCNC(=O)NC(=O)C[NH+](Cc1ccco1)Cc1cccs1. The third-order valence-electron chi connectivity index (χ3n) is 3.49. The summed E-state index contributed by atoms with van der Waals surface area (Å²) in [5.74, 6) is 0.531. The van der Waals surface area contributed by atoms with Crippen LogP contribution in [0.2, 0.25) is 0 Å². The third-order valence-corrected chi connectivity index (χ3v) is 4.36. The summed E-state index contributed by atoms with van der Waals surface area (Å²) in [7, 11) is 0. The summed E-state index contributed by atoms with van der Waals surface area (Å²) in [6.07, 6.45) is 3.52. The fourth-order valence-electron chi connectivity index (χ4n) is 2.33. The van der Waals surface area contributed by atoms with Gasteiger partial charge in [0.1, 0.15) is 13.1 Å². The fraction of sp³-hybridized carbons (Fsp3) is 0.412. The normalized spacial score (nSPS) is 11.9. The summed E-state index contributed by atoms with van der Waals surface area (Å²) >= 11 is 1.66. The highest BCUT2D eigenvalue weighted by Crippen LogP contribution is 2.06. The Hall–Kier alpha value is -2.12. The summed E-state index contributed by atoms with van der Waals surface area (Å²) in [6, 6.07) is 7.33. The molecule has 2 aromatic rings. The van der Waals surface area contributed by atoms with E-state index in [4.69, 9.17) is 4.42 Å². The molecule has 0 aliphatic heterocycles. The van der Waals surface area contributed by atoms with Crippen molar-refractivity contribution in [3.8, 4) is 0 Å². The zero-order chi connectivity index (χ0) is 17.2. The second-order valence-corrected chi connectivity index (χ2v) is 6.63. The average molecular weight is 350 g/mol. The Morgan fingerprint density at radius 2 is 2.12 bits per heavy atom. The van der Waals surface area contributed by atoms with E-state index in [1.54, 1.807) is 17.6 Å². The van der Waals surface area contributed by atoms with Gasteiger partial charge in [0.15, 0.2) is 12.3 Å². The molecule has 24 heavy (non-hydrogen) atoms. The lowest BCUT2D eigenvalue weighted by Gasteiger charge is -2.17. The maximum absolute atomic E-state index is 12.1. The number of carbonyl (C=O) groups is 2. The standard InChI is InChI=1S/C17H23N3O3S/c1-2-3-8-18-17(22)19-16(21)13-20(11-14-6-4-9-23-14)12-15-7-5-10-24-15/h4-7,9-10H,2-3,8,11-13H2,1H3,(H2,18,19,21,22)/p+1. The first-order chi connectivity index (χ1) is 11.7. The lowest BCUT2D eigenvalue weighted by atomic mass is 10.3. The van der Waals surface area contributed by atoms with Crippen molar-refractivity contribution in [2.75, 3.05) is 13.1 Å². The van der Waals surface area contributed by atoms with E-state index in [1.165, 1.54) is 4.88 Å². The minimum atomic E-state index is -0.429. The predicted molar refractivity (Wildman–Crippen MR) is 92.7 cm³/mol. The Morgan fingerprint density at radius 1 is 1.25 bits per heavy atom. The van der Waals surface area contributed by atoms with Gasteiger partial charge < -0.3 is 14.6 Å². The molecule has 0 fully saturated rings. The van der Waals surface area contributed by atoms with Crippen LogP contribution in [0.25, 0.3) is 0 Å². The molecule has 0 aliphatic carbocycles. The Kier molecular flexibility index (Phi) is 7.51. The smallest absolute Gasteiger partial charge is 0.321 e. The van der Waals surface area contributed by atoms with Gasteiger partial charge in [0.05, 0.1) is 11.1 Å². The van der Waals surface area contributed by atoms with E-state index < -0.39 is 6.03 Å². The molecule has 130 valence electrons. The number of carbonyl (C=O) groups excluding carboxylic acids is 2. The molecule has 0 aliphatic rings. The maximum Gasteiger partial charge on any atom is 0.321 e. The van der Waals surface area contributed by atoms with Crippen LogP contribution in [0.5, 0.6) is 0 Å². The van der Waals surface area contributed by atoms with Crippen LogP contribution in [0.15, 0.2) is 40.3 Å². The third kappa shape index (κ3) is 6.55. The number of furan rings is 1. The number of unbranched alkanes of at least 4 members (excludes halogenated alkanes) is 1. The van der Waals surface area contributed by atoms with Gasteiger partial charge in [0.25, 0.3) is 5.91 Å². The van der Waals surface area contributed by atoms with E-state index >= 15 is 0 Å². The van der Waals surface area contributed by atoms with Gasteiger partial charge in [-0.1, -0.05) is 19.4 Å². The van der Waals surface area contributed by atoms with Gasteiger partial charge in [0, 0.05) is 6.54 Å². The second kappa shape index (κ2) is 9.89.